The first-order chi connectivity index (χ1) is 11.8. The summed E-state index contributed by atoms with van der Waals surface area (Å²) in [4.78, 5) is 12.2. The molecule has 0 fully saturated rings. The molecule has 3 aromatic rings. The number of furan rings is 1. The number of nitrogens with zero attached hydrogens (tertiary/aromatic N) is 1. The van der Waals surface area contributed by atoms with Gasteiger partial charge in [0, 0.05) is 6.07 Å². The highest BCUT2D eigenvalue weighted by molar-refractivity contribution is 5.81. The van der Waals surface area contributed by atoms with Crippen molar-refractivity contribution in [1.29, 1.82) is 0 Å². The average Bonchev–Trinajstić information content (AvgIpc) is 3.30. The van der Waals surface area contributed by atoms with E-state index in [4.69, 9.17) is 18.4 Å². The van der Waals surface area contributed by atoms with Gasteiger partial charge in [0.25, 0.3) is 5.91 Å². The number of carbonyl (C=O) groups excluding carboxylic acids is 1. The molecule has 1 unspecified atom stereocenters. The highest BCUT2D eigenvalue weighted by atomic mass is 16.6. The van der Waals surface area contributed by atoms with E-state index in [1.807, 2.05) is 12.1 Å². The minimum absolute atomic E-state index is 0.166. The molecular weight excluding hydrogens is 312 g/mol. The number of ether oxygens (including phenoxy) is 2. The Labute approximate surface area is 137 Å². The second-order valence-corrected chi connectivity index (χ2v) is 5.24. The monoisotopic (exact) mass is 326 g/mol. The Kier molecular flexibility index (Phi) is 3.66. The van der Waals surface area contributed by atoms with Gasteiger partial charge >= 0.3 is 0 Å². The maximum atomic E-state index is 12.2. The Morgan fingerprint density at radius 3 is 2.88 bits per heavy atom. The van der Waals surface area contributed by atoms with Gasteiger partial charge in [0.15, 0.2) is 17.3 Å². The molecule has 2 aromatic heterocycles. The van der Waals surface area contributed by atoms with Crippen LogP contribution in [-0.2, 0) is 11.3 Å². The molecule has 122 valence electrons. The molecule has 0 radical (unpaired) electrons. The number of fused-ring (bicyclic) bond motifs is 1. The maximum Gasteiger partial charge on any atom is 0.265 e. The van der Waals surface area contributed by atoms with Crippen LogP contribution in [0, 0.1) is 0 Å². The van der Waals surface area contributed by atoms with Crippen molar-refractivity contribution in [3.8, 4) is 23.0 Å². The van der Waals surface area contributed by atoms with Gasteiger partial charge in [-0.3, -0.25) is 4.79 Å². The summed E-state index contributed by atoms with van der Waals surface area (Å²) in [5.74, 6) is 2.02. The lowest BCUT2D eigenvalue weighted by atomic mass is 10.2. The number of carbonyl (C=O) groups is 1. The van der Waals surface area contributed by atoms with E-state index in [1.165, 1.54) is 0 Å². The van der Waals surface area contributed by atoms with Gasteiger partial charge in [-0.25, -0.2) is 0 Å². The number of aromatic nitrogens is 1. The number of nitrogens with one attached hydrogen (secondary N) is 1. The average molecular weight is 326 g/mol. The van der Waals surface area contributed by atoms with Gasteiger partial charge in [-0.15, -0.1) is 0 Å². The molecular formula is C17H14N2O5. The van der Waals surface area contributed by atoms with E-state index in [1.54, 1.807) is 36.6 Å². The van der Waals surface area contributed by atoms with Crippen LogP contribution in [-0.4, -0.2) is 23.8 Å². The molecule has 4 rings (SSSR count). The van der Waals surface area contributed by atoms with Crippen LogP contribution in [0.2, 0.25) is 0 Å². The maximum absolute atomic E-state index is 12.2. The predicted molar refractivity (Wildman–Crippen MR) is 82.4 cm³/mol. The van der Waals surface area contributed by atoms with Crippen molar-refractivity contribution in [2.75, 3.05) is 6.61 Å². The number of hydrogen-bond acceptors (Lipinski definition) is 6. The van der Waals surface area contributed by atoms with Gasteiger partial charge in [-0.1, -0.05) is 17.3 Å². The molecule has 1 amide bonds. The number of rotatable bonds is 4. The van der Waals surface area contributed by atoms with E-state index < -0.39 is 6.10 Å². The Morgan fingerprint density at radius 1 is 1.17 bits per heavy atom. The van der Waals surface area contributed by atoms with Gasteiger partial charge in [0.1, 0.15) is 12.3 Å². The third-order valence-electron chi connectivity index (χ3n) is 3.57. The fourth-order valence-corrected chi connectivity index (χ4v) is 2.37. The van der Waals surface area contributed by atoms with Crippen LogP contribution < -0.4 is 14.8 Å². The van der Waals surface area contributed by atoms with E-state index in [0.29, 0.717) is 28.7 Å². The molecule has 1 N–H and O–H groups in total. The smallest absolute Gasteiger partial charge is 0.265 e. The van der Waals surface area contributed by atoms with E-state index in [-0.39, 0.29) is 19.1 Å². The second-order valence-electron chi connectivity index (χ2n) is 5.24. The lowest BCUT2D eigenvalue weighted by Crippen LogP contribution is -2.43. The SMILES string of the molecule is O=C(NCc1cc(-c2ccco2)on1)C1COc2ccccc2O1. The standard InChI is InChI=1S/C17H14N2O5/c20-17(16-10-22-12-4-1-2-5-14(12)23-16)18-9-11-8-15(24-19-11)13-6-3-7-21-13/h1-8,16H,9-10H2,(H,18,20). The molecule has 1 atom stereocenters. The highest BCUT2D eigenvalue weighted by Crippen LogP contribution is 2.30. The second kappa shape index (κ2) is 6.11. The minimum Gasteiger partial charge on any atom is -0.485 e. The molecule has 3 heterocycles. The normalized spacial score (nSPS) is 15.9. The quantitative estimate of drug-likeness (QED) is 0.792. The van der Waals surface area contributed by atoms with Gasteiger partial charge in [-0.2, -0.15) is 0 Å². The van der Waals surface area contributed by atoms with Crippen molar-refractivity contribution in [2.24, 2.45) is 0 Å². The van der Waals surface area contributed by atoms with E-state index in [9.17, 15) is 4.79 Å². The van der Waals surface area contributed by atoms with Crippen LogP contribution in [0.4, 0.5) is 0 Å². The summed E-state index contributed by atoms with van der Waals surface area (Å²) in [6.45, 7) is 0.393. The molecule has 1 aliphatic heterocycles. The van der Waals surface area contributed by atoms with Crippen molar-refractivity contribution in [3.05, 3.63) is 54.4 Å². The Morgan fingerprint density at radius 2 is 2.04 bits per heavy atom. The zero-order valence-electron chi connectivity index (χ0n) is 12.6. The lowest BCUT2D eigenvalue weighted by Gasteiger charge is -2.25. The van der Waals surface area contributed by atoms with Gasteiger partial charge in [0.2, 0.25) is 11.9 Å². The molecule has 0 saturated carbocycles. The van der Waals surface area contributed by atoms with Crippen LogP contribution in [0.5, 0.6) is 11.5 Å². The van der Waals surface area contributed by atoms with Crippen molar-refractivity contribution in [3.63, 3.8) is 0 Å². The molecule has 1 aromatic carbocycles. The molecule has 0 bridgehead atoms. The van der Waals surface area contributed by atoms with Crippen molar-refractivity contribution in [1.82, 2.24) is 10.5 Å². The van der Waals surface area contributed by atoms with Crippen LogP contribution in [0.3, 0.4) is 0 Å². The van der Waals surface area contributed by atoms with Crippen LogP contribution in [0.1, 0.15) is 5.69 Å². The minimum atomic E-state index is -0.698. The summed E-state index contributed by atoms with van der Waals surface area (Å²) in [5.41, 5.74) is 0.590. The Hall–Kier alpha value is -3.22. The van der Waals surface area contributed by atoms with Crippen LogP contribution >= 0.6 is 0 Å². The van der Waals surface area contributed by atoms with E-state index in [2.05, 4.69) is 10.5 Å². The highest BCUT2D eigenvalue weighted by Gasteiger charge is 2.27. The Balaban J connectivity index is 1.36. The van der Waals surface area contributed by atoms with Crippen molar-refractivity contribution >= 4 is 5.91 Å². The first-order valence-electron chi connectivity index (χ1n) is 7.45. The number of para-hydroxylation sites is 2. The summed E-state index contributed by atoms with van der Waals surface area (Å²) in [5, 5.41) is 6.66. The Bertz CT molecular complexity index is 840. The molecule has 0 spiro atoms. The summed E-state index contributed by atoms with van der Waals surface area (Å²) in [6, 6.07) is 12.5. The summed E-state index contributed by atoms with van der Waals surface area (Å²) in [7, 11) is 0. The first kappa shape index (κ1) is 14.4. The third-order valence-corrected chi connectivity index (χ3v) is 3.57. The van der Waals surface area contributed by atoms with E-state index in [0.717, 1.165) is 0 Å². The molecule has 24 heavy (non-hydrogen) atoms. The van der Waals surface area contributed by atoms with E-state index >= 15 is 0 Å². The van der Waals surface area contributed by atoms with Gasteiger partial charge < -0.3 is 23.7 Å². The van der Waals surface area contributed by atoms with Crippen LogP contribution in [0.25, 0.3) is 11.5 Å². The lowest BCUT2D eigenvalue weighted by molar-refractivity contribution is -0.130. The molecule has 7 nitrogen and oxygen atoms in total. The molecule has 0 saturated heterocycles. The number of amides is 1. The number of hydrogen-bond donors (Lipinski definition) is 1. The van der Waals surface area contributed by atoms with Crippen molar-refractivity contribution < 1.29 is 23.2 Å². The predicted octanol–water partition coefficient (Wildman–Crippen LogP) is 2.39. The molecule has 1 aliphatic rings. The van der Waals surface area contributed by atoms with Crippen LogP contribution in [0.15, 0.2) is 57.7 Å². The summed E-state index contributed by atoms with van der Waals surface area (Å²) < 4.78 is 21.6. The largest absolute Gasteiger partial charge is 0.485 e. The third kappa shape index (κ3) is 2.83. The van der Waals surface area contributed by atoms with Crippen molar-refractivity contribution in [2.45, 2.75) is 12.6 Å². The number of benzene rings is 1. The van der Waals surface area contributed by atoms with Gasteiger partial charge in [0.05, 0.1) is 12.8 Å². The zero-order chi connectivity index (χ0) is 16.4. The fraction of sp³-hybridized carbons (Fsp3) is 0.176. The summed E-state index contributed by atoms with van der Waals surface area (Å²) >= 11 is 0. The topological polar surface area (TPSA) is 86.7 Å². The first-order valence-corrected chi connectivity index (χ1v) is 7.45. The van der Waals surface area contributed by atoms with Gasteiger partial charge in [-0.05, 0) is 24.3 Å². The zero-order valence-corrected chi connectivity index (χ0v) is 12.6. The summed E-state index contributed by atoms with van der Waals surface area (Å²) in [6.07, 6.45) is 0.855. The molecule has 7 heteroatoms. The molecule has 0 aliphatic carbocycles. The fourth-order valence-electron chi connectivity index (χ4n) is 2.37.